The minimum Gasteiger partial charge on any atom is -0.135 e. The van der Waals surface area contributed by atoms with Crippen LogP contribution in [0.5, 0.6) is 0 Å². The molecule has 0 saturated carbocycles. The Bertz CT molecular complexity index is 3060. The predicted octanol–water partition coefficient (Wildman–Crippen LogP) is 15.3. The molecule has 1 aromatic heterocycles. The molecule has 2 heteroatoms. The van der Waals surface area contributed by atoms with Crippen molar-refractivity contribution in [3.05, 3.63) is 169 Å². The Morgan fingerprint density at radius 2 is 1.25 bits per heavy atom. The van der Waals surface area contributed by atoms with Gasteiger partial charge in [0.1, 0.15) is 0 Å². The second kappa shape index (κ2) is 15.1. The van der Waals surface area contributed by atoms with E-state index in [1.54, 1.807) is 44.3 Å². The fourth-order valence-corrected chi connectivity index (χ4v) is 14.7. The van der Waals surface area contributed by atoms with Gasteiger partial charge in [0.25, 0.3) is 0 Å². The minimum absolute atomic E-state index is 0.0838. The van der Waals surface area contributed by atoms with Crippen LogP contribution in [0.4, 0.5) is 0 Å². The molecule has 0 N–H and O–H groups in total. The van der Waals surface area contributed by atoms with Gasteiger partial charge >= 0.3 is 0 Å². The largest absolute Gasteiger partial charge is 0.242 e. The van der Waals surface area contributed by atoms with Crippen LogP contribution >= 0.6 is 11.3 Å². The minimum atomic E-state index is 0.0838. The summed E-state index contributed by atoms with van der Waals surface area (Å²) in [6.45, 7) is 36.9. The number of fused-ring (bicyclic) bond motifs is 7. The van der Waals surface area contributed by atoms with E-state index >= 15 is 0 Å². The molecule has 0 nitrogen and oxygen atoms in total. The Morgan fingerprint density at radius 1 is 0.615 bits per heavy atom. The Hall–Kier alpha value is -4.40. The van der Waals surface area contributed by atoms with Crippen LogP contribution in [0.3, 0.4) is 0 Å². The average molecular weight is 873 g/mol. The van der Waals surface area contributed by atoms with Crippen molar-refractivity contribution in [2.24, 2.45) is 0 Å². The van der Waals surface area contributed by atoms with E-state index in [9.17, 15) is 0 Å². The first-order valence-corrected chi connectivity index (χ1v) is 25.8. The van der Waals surface area contributed by atoms with E-state index in [-0.39, 0.29) is 39.7 Å². The van der Waals surface area contributed by atoms with Gasteiger partial charge in [-0.25, -0.2) is 0 Å². The van der Waals surface area contributed by atoms with Crippen molar-refractivity contribution in [3.63, 3.8) is 0 Å². The van der Waals surface area contributed by atoms with Gasteiger partial charge < -0.3 is 0 Å². The fourth-order valence-electron chi connectivity index (χ4n) is 13.6. The summed E-state index contributed by atoms with van der Waals surface area (Å²) >= 11 is 1.94. The molecule has 3 aliphatic rings. The van der Waals surface area contributed by atoms with E-state index < -0.39 is 0 Å². The van der Waals surface area contributed by atoms with Crippen molar-refractivity contribution in [2.75, 3.05) is 0 Å². The summed E-state index contributed by atoms with van der Waals surface area (Å²) in [5.74, 6) is 0.498. The Labute approximate surface area is 396 Å². The van der Waals surface area contributed by atoms with E-state index in [1.807, 2.05) is 11.3 Å². The van der Waals surface area contributed by atoms with E-state index in [4.69, 9.17) is 0 Å². The number of thiophene rings is 1. The quantitative estimate of drug-likeness (QED) is 0.146. The zero-order valence-electron chi connectivity index (χ0n) is 42.4. The molecule has 0 fully saturated rings. The zero-order chi connectivity index (χ0) is 46.3. The average Bonchev–Trinajstić information content (AvgIpc) is 3.70. The zero-order valence-corrected chi connectivity index (χ0v) is 43.2. The van der Waals surface area contributed by atoms with Crippen LogP contribution in [0.1, 0.15) is 193 Å². The van der Waals surface area contributed by atoms with Crippen LogP contribution in [-0.2, 0) is 33.5 Å². The Kier molecular flexibility index (Phi) is 10.3. The van der Waals surface area contributed by atoms with Gasteiger partial charge in [-0.3, -0.25) is 0 Å². The maximum atomic E-state index is 2.77. The van der Waals surface area contributed by atoms with Crippen LogP contribution in [0.2, 0.25) is 0 Å². The van der Waals surface area contributed by atoms with Crippen LogP contribution in [0.15, 0.2) is 97.1 Å². The summed E-state index contributed by atoms with van der Waals surface area (Å²) in [6.07, 6.45) is 5.73. The maximum Gasteiger partial charge on any atom is 0.242 e. The molecule has 0 radical (unpaired) electrons. The first kappa shape index (κ1) is 44.4. The lowest BCUT2D eigenvalue weighted by Gasteiger charge is -2.44. The van der Waals surface area contributed by atoms with Crippen LogP contribution < -0.4 is 16.4 Å². The summed E-state index contributed by atoms with van der Waals surface area (Å²) in [7, 11) is 0. The van der Waals surface area contributed by atoms with Gasteiger partial charge in [0.2, 0.25) is 6.71 Å². The van der Waals surface area contributed by atoms with Crippen LogP contribution in [0.25, 0.3) is 20.2 Å². The first-order valence-electron chi connectivity index (χ1n) is 25.0. The molecule has 1 aliphatic heterocycles. The van der Waals surface area contributed by atoms with Crippen molar-refractivity contribution in [1.82, 2.24) is 0 Å². The SMILES string of the molecule is Cc1cc(C)c2c(c1)C(CCc1ccc(C(C)(C)C)cc1C)c1cc3c(cc1B2c1cc2c(cc1C(C)c1cccc4sc5ccccc5c14)C(C)(C)CCC2(C)C)C(C)(C)CC3(C)C. The van der Waals surface area contributed by atoms with Gasteiger partial charge in [-0.05, 0) is 153 Å². The fraction of sp³-hybridized carbons (Fsp3) is 0.429. The number of hydrogen-bond donors (Lipinski definition) is 0. The lowest BCUT2D eigenvalue weighted by molar-refractivity contribution is 0.332. The molecular formula is C63H73BS. The maximum absolute atomic E-state index is 2.77. The third kappa shape index (κ3) is 7.21. The summed E-state index contributed by atoms with van der Waals surface area (Å²) in [4.78, 5) is 0. The van der Waals surface area contributed by atoms with Gasteiger partial charge in [0.15, 0.2) is 0 Å². The van der Waals surface area contributed by atoms with E-state index in [0.29, 0.717) is 5.92 Å². The van der Waals surface area contributed by atoms with Crippen molar-refractivity contribution in [3.8, 4) is 0 Å². The summed E-state index contributed by atoms with van der Waals surface area (Å²) < 4.78 is 2.77. The lowest BCUT2D eigenvalue weighted by atomic mass is 9.30. The second-order valence-corrected chi connectivity index (χ2v) is 25.9. The van der Waals surface area contributed by atoms with Gasteiger partial charge in [0, 0.05) is 32.0 Å². The highest BCUT2D eigenvalue weighted by atomic mass is 32.1. The standard InChI is InChI=1S/C63H73BS/c1-37-29-39(3)58-48(30-37)44(26-24-41-23-25-42(31-38(41)2)59(5,6)7)47-33-50-52(63(14,15)36-62(50,12)13)35-54(47)64(58)53-34-51-49(60(8,9)27-28-61(51,10)11)32-46(53)40(4)43-20-18-22-56-57(43)45-19-16-17-21-55(45)65-56/h16-23,25,29-35,40,44H,24,26-28,36H2,1-15H3. The van der Waals surface area contributed by atoms with Crippen LogP contribution in [0, 0.1) is 20.8 Å². The first-order chi connectivity index (χ1) is 30.5. The van der Waals surface area contributed by atoms with Crippen molar-refractivity contribution in [1.29, 1.82) is 0 Å². The van der Waals surface area contributed by atoms with Crippen molar-refractivity contribution < 1.29 is 0 Å². The van der Waals surface area contributed by atoms with E-state index in [1.165, 1.54) is 83.8 Å². The molecule has 2 aliphatic carbocycles. The van der Waals surface area contributed by atoms with Crippen molar-refractivity contribution >= 4 is 54.6 Å². The monoisotopic (exact) mass is 873 g/mol. The summed E-state index contributed by atoms with van der Waals surface area (Å²) in [5, 5.41) is 2.83. The number of benzene rings is 6. The third-order valence-electron chi connectivity index (χ3n) is 17.1. The Morgan fingerprint density at radius 3 is 1.94 bits per heavy atom. The smallest absolute Gasteiger partial charge is 0.135 e. The molecule has 2 heterocycles. The molecule has 10 rings (SSSR count). The summed E-state index contributed by atoms with van der Waals surface area (Å²) in [6, 6.07) is 39.6. The second-order valence-electron chi connectivity index (χ2n) is 24.8. The highest BCUT2D eigenvalue weighted by Gasteiger charge is 2.47. The number of hydrogen-bond acceptors (Lipinski definition) is 1. The molecule has 0 amide bonds. The highest BCUT2D eigenvalue weighted by Crippen LogP contribution is 2.52. The lowest BCUT2D eigenvalue weighted by Crippen LogP contribution is -2.60. The van der Waals surface area contributed by atoms with Crippen LogP contribution in [-0.4, -0.2) is 6.71 Å². The van der Waals surface area contributed by atoms with Gasteiger partial charge in [0.05, 0.1) is 0 Å². The number of aryl methyl sites for hydroxylation is 4. The summed E-state index contributed by atoms with van der Waals surface area (Å²) in [5.41, 5.74) is 24.6. The van der Waals surface area contributed by atoms with Gasteiger partial charge in [-0.1, -0.05) is 196 Å². The molecule has 0 saturated heterocycles. The molecule has 6 aromatic carbocycles. The molecule has 0 spiro atoms. The molecule has 2 unspecified atom stereocenters. The molecular weight excluding hydrogens is 800 g/mol. The molecule has 0 bridgehead atoms. The number of rotatable bonds is 6. The molecule has 65 heavy (non-hydrogen) atoms. The highest BCUT2D eigenvalue weighted by molar-refractivity contribution is 7.25. The molecule has 2 atom stereocenters. The van der Waals surface area contributed by atoms with Gasteiger partial charge in [-0.15, -0.1) is 11.3 Å². The van der Waals surface area contributed by atoms with Crippen molar-refractivity contribution in [2.45, 2.75) is 175 Å². The van der Waals surface area contributed by atoms with E-state index in [0.717, 1.165) is 12.8 Å². The Balaban J connectivity index is 1.26. The topological polar surface area (TPSA) is 0 Å². The predicted molar refractivity (Wildman–Crippen MR) is 286 cm³/mol. The molecule has 7 aromatic rings. The van der Waals surface area contributed by atoms with E-state index in [2.05, 4.69) is 201 Å². The normalized spacial score (nSPS) is 19.5. The van der Waals surface area contributed by atoms with Gasteiger partial charge in [-0.2, -0.15) is 0 Å². The molecule has 334 valence electrons. The third-order valence-corrected chi connectivity index (χ3v) is 18.3.